The minimum Gasteiger partial charge on any atom is -0.385 e. The molecule has 0 spiro atoms. The second-order valence-electron chi connectivity index (χ2n) is 5.65. The molecule has 1 aromatic heterocycles. The van der Waals surface area contributed by atoms with E-state index in [4.69, 9.17) is 4.74 Å². The predicted octanol–water partition coefficient (Wildman–Crippen LogP) is 1.85. The molecule has 1 aromatic rings. The number of aromatic nitrogens is 1. The predicted molar refractivity (Wildman–Crippen MR) is 85.0 cm³/mol. The minimum absolute atomic E-state index is 0.0327. The van der Waals surface area contributed by atoms with E-state index in [9.17, 15) is 4.79 Å². The van der Waals surface area contributed by atoms with E-state index in [1.807, 2.05) is 13.8 Å². The summed E-state index contributed by atoms with van der Waals surface area (Å²) in [5.74, 6) is 0.520. The van der Waals surface area contributed by atoms with Gasteiger partial charge in [0.2, 0.25) is 0 Å². The Kier molecular flexibility index (Phi) is 6.14. The number of nitrogens with one attached hydrogen (secondary N) is 1. The van der Waals surface area contributed by atoms with Gasteiger partial charge in [-0.05, 0) is 39.2 Å². The highest BCUT2D eigenvalue weighted by Gasteiger charge is 2.23. The Bertz CT molecular complexity index is 475. The largest absolute Gasteiger partial charge is 0.385 e. The second kappa shape index (κ2) is 7.87. The van der Waals surface area contributed by atoms with Gasteiger partial charge in [0, 0.05) is 38.2 Å². The van der Waals surface area contributed by atoms with Crippen LogP contribution in [0.25, 0.3) is 0 Å². The molecule has 2 rings (SSSR count). The lowest BCUT2D eigenvalue weighted by Crippen LogP contribution is -2.31. The molecule has 1 amide bonds. The summed E-state index contributed by atoms with van der Waals surface area (Å²) in [6, 6.07) is 0. The number of aryl methyl sites for hydroxylation is 2. The maximum Gasteiger partial charge on any atom is 0.271 e. The van der Waals surface area contributed by atoms with Crippen LogP contribution in [0.4, 0.5) is 0 Å². The van der Waals surface area contributed by atoms with E-state index in [1.165, 1.54) is 0 Å². The standard InChI is InChI=1S/C15H25N3O2S/c1-11-14(17-12(2)21-11)15(19)16-9-13-5-7-18(10-13)6-4-8-20-3/h13H,4-10H2,1-3H3,(H,16,19)/t13-/m0/s1. The highest BCUT2D eigenvalue weighted by Crippen LogP contribution is 2.18. The third-order valence-corrected chi connectivity index (χ3v) is 4.75. The molecule has 1 atom stereocenters. The fraction of sp³-hybridized carbons (Fsp3) is 0.733. The van der Waals surface area contributed by atoms with E-state index in [1.54, 1.807) is 18.4 Å². The van der Waals surface area contributed by atoms with E-state index in [0.717, 1.165) is 55.5 Å². The van der Waals surface area contributed by atoms with Crippen LogP contribution in [-0.2, 0) is 4.74 Å². The molecule has 0 saturated carbocycles. The molecule has 1 N–H and O–H groups in total. The van der Waals surface area contributed by atoms with E-state index >= 15 is 0 Å². The third-order valence-electron chi connectivity index (χ3n) is 3.86. The first kappa shape index (κ1) is 16.4. The first-order chi connectivity index (χ1) is 10.1. The number of hydrogen-bond acceptors (Lipinski definition) is 5. The van der Waals surface area contributed by atoms with Gasteiger partial charge in [0.25, 0.3) is 5.91 Å². The average Bonchev–Trinajstić information content (AvgIpc) is 3.03. The lowest BCUT2D eigenvalue weighted by Gasteiger charge is -2.15. The van der Waals surface area contributed by atoms with Crippen LogP contribution < -0.4 is 5.32 Å². The Hall–Kier alpha value is -0.980. The summed E-state index contributed by atoms with van der Waals surface area (Å²) in [4.78, 5) is 19.9. The van der Waals surface area contributed by atoms with Crippen molar-refractivity contribution in [3.63, 3.8) is 0 Å². The van der Waals surface area contributed by atoms with Gasteiger partial charge in [-0.15, -0.1) is 11.3 Å². The minimum atomic E-state index is -0.0327. The molecule has 0 aliphatic carbocycles. The fourth-order valence-corrected chi connectivity index (χ4v) is 3.59. The van der Waals surface area contributed by atoms with E-state index in [0.29, 0.717) is 11.6 Å². The maximum atomic E-state index is 12.1. The van der Waals surface area contributed by atoms with Crippen molar-refractivity contribution in [2.75, 3.05) is 39.9 Å². The number of rotatable bonds is 7. The van der Waals surface area contributed by atoms with Crippen molar-refractivity contribution >= 4 is 17.2 Å². The van der Waals surface area contributed by atoms with Crippen molar-refractivity contribution in [3.8, 4) is 0 Å². The number of likely N-dealkylation sites (tertiary alicyclic amines) is 1. The lowest BCUT2D eigenvalue weighted by atomic mass is 10.1. The molecule has 0 aromatic carbocycles. The molecule has 1 saturated heterocycles. The SMILES string of the molecule is COCCCN1CC[C@@H](CNC(=O)c2nc(C)sc2C)C1. The zero-order chi connectivity index (χ0) is 15.2. The summed E-state index contributed by atoms with van der Waals surface area (Å²) in [6.07, 6.45) is 2.23. The van der Waals surface area contributed by atoms with Crippen molar-refractivity contribution < 1.29 is 9.53 Å². The number of nitrogens with zero attached hydrogens (tertiary/aromatic N) is 2. The fourth-order valence-electron chi connectivity index (χ4n) is 2.78. The number of amides is 1. The van der Waals surface area contributed by atoms with Gasteiger partial charge in [-0.25, -0.2) is 4.98 Å². The van der Waals surface area contributed by atoms with E-state index in [-0.39, 0.29) is 5.91 Å². The van der Waals surface area contributed by atoms with Crippen molar-refractivity contribution in [2.24, 2.45) is 5.92 Å². The van der Waals surface area contributed by atoms with Gasteiger partial charge < -0.3 is 15.0 Å². The Labute approximate surface area is 130 Å². The summed E-state index contributed by atoms with van der Waals surface area (Å²) in [7, 11) is 1.74. The van der Waals surface area contributed by atoms with Crippen LogP contribution in [0.5, 0.6) is 0 Å². The van der Waals surface area contributed by atoms with Crippen molar-refractivity contribution in [1.29, 1.82) is 0 Å². The maximum absolute atomic E-state index is 12.1. The third kappa shape index (κ3) is 4.76. The van der Waals surface area contributed by atoms with Crippen LogP contribution in [-0.4, -0.2) is 55.7 Å². The van der Waals surface area contributed by atoms with Crippen LogP contribution in [0.2, 0.25) is 0 Å². The van der Waals surface area contributed by atoms with Gasteiger partial charge in [-0.2, -0.15) is 0 Å². The second-order valence-corrected chi connectivity index (χ2v) is 7.06. The van der Waals surface area contributed by atoms with Gasteiger partial charge in [0.15, 0.2) is 0 Å². The number of carbonyl (C=O) groups is 1. The molecule has 1 aliphatic heterocycles. The smallest absolute Gasteiger partial charge is 0.271 e. The highest BCUT2D eigenvalue weighted by molar-refractivity contribution is 7.11. The zero-order valence-corrected chi connectivity index (χ0v) is 14.0. The Morgan fingerprint density at radius 2 is 2.33 bits per heavy atom. The monoisotopic (exact) mass is 311 g/mol. The summed E-state index contributed by atoms with van der Waals surface area (Å²) >= 11 is 1.58. The topological polar surface area (TPSA) is 54.5 Å². The molecular formula is C15H25N3O2S. The van der Waals surface area contributed by atoms with Crippen LogP contribution in [0.3, 0.4) is 0 Å². The molecule has 1 aliphatic rings. The zero-order valence-electron chi connectivity index (χ0n) is 13.1. The highest BCUT2D eigenvalue weighted by atomic mass is 32.1. The van der Waals surface area contributed by atoms with Gasteiger partial charge in [0.1, 0.15) is 5.69 Å². The van der Waals surface area contributed by atoms with Crippen molar-refractivity contribution in [2.45, 2.75) is 26.7 Å². The molecular weight excluding hydrogens is 286 g/mol. The Balaban J connectivity index is 1.72. The average molecular weight is 311 g/mol. The Morgan fingerprint density at radius 1 is 1.52 bits per heavy atom. The summed E-state index contributed by atoms with van der Waals surface area (Å²) < 4.78 is 5.08. The van der Waals surface area contributed by atoms with Gasteiger partial charge >= 0.3 is 0 Å². The number of carbonyl (C=O) groups excluding carboxylic acids is 1. The van der Waals surface area contributed by atoms with Gasteiger partial charge in [0.05, 0.1) is 5.01 Å². The van der Waals surface area contributed by atoms with E-state index in [2.05, 4.69) is 15.2 Å². The summed E-state index contributed by atoms with van der Waals surface area (Å²) in [5.41, 5.74) is 0.590. The molecule has 21 heavy (non-hydrogen) atoms. The Morgan fingerprint density at radius 3 is 3.00 bits per heavy atom. The normalized spacial score (nSPS) is 19.1. The van der Waals surface area contributed by atoms with Crippen LogP contribution in [0.1, 0.15) is 33.2 Å². The van der Waals surface area contributed by atoms with Crippen molar-refractivity contribution in [3.05, 3.63) is 15.6 Å². The van der Waals surface area contributed by atoms with E-state index < -0.39 is 0 Å². The molecule has 118 valence electrons. The quantitative estimate of drug-likeness (QED) is 0.781. The molecule has 0 unspecified atom stereocenters. The molecule has 0 radical (unpaired) electrons. The summed E-state index contributed by atoms with van der Waals surface area (Å²) in [6.45, 7) is 8.73. The first-order valence-corrected chi connectivity index (χ1v) is 8.35. The number of thiazole rings is 1. The lowest BCUT2D eigenvalue weighted by molar-refractivity contribution is 0.0942. The molecule has 5 nitrogen and oxygen atoms in total. The van der Waals surface area contributed by atoms with Crippen molar-refractivity contribution in [1.82, 2.24) is 15.2 Å². The van der Waals surface area contributed by atoms with Gasteiger partial charge in [-0.1, -0.05) is 0 Å². The number of methoxy groups -OCH3 is 1. The molecule has 6 heteroatoms. The molecule has 2 heterocycles. The molecule has 0 bridgehead atoms. The molecule has 1 fully saturated rings. The van der Waals surface area contributed by atoms with Gasteiger partial charge in [-0.3, -0.25) is 4.79 Å². The number of hydrogen-bond donors (Lipinski definition) is 1. The first-order valence-electron chi connectivity index (χ1n) is 7.53. The van der Waals surface area contributed by atoms with Crippen LogP contribution >= 0.6 is 11.3 Å². The van der Waals surface area contributed by atoms with Crippen LogP contribution in [0, 0.1) is 19.8 Å². The number of ether oxygens (including phenoxy) is 1. The summed E-state index contributed by atoms with van der Waals surface area (Å²) in [5, 5.41) is 3.98. The van der Waals surface area contributed by atoms with Crippen LogP contribution in [0.15, 0.2) is 0 Å².